The smallest absolute Gasteiger partial charge is 0.261 e. The number of likely N-dealkylation sites (tertiary alicyclic amines) is 2. The van der Waals surface area contributed by atoms with Crippen molar-refractivity contribution in [2.75, 3.05) is 32.4 Å². The first kappa shape index (κ1) is 20.2. The highest BCUT2D eigenvalue weighted by atomic mass is 32.2. The Morgan fingerprint density at radius 3 is 2.56 bits per heavy atom. The van der Waals surface area contributed by atoms with E-state index in [4.69, 9.17) is 0 Å². The third kappa shape index (κ3) is 4.16. The molecule has 2 saturated heterocycles. The molecule has 1 spiro atoms. The normalized spacial score (nSPS) is 26.5. The third-order valence-electron chi connectivity index (χ3n) is 5.55. The number of amides is 1. The third-order valence-corrected chi connectivity index (χ3v) is 6.75. The summed E-state index contributed by atoms with van der Waals surface area (Å²) < 4.78 is 53.2. The second-order valence-corrected chi connectivity index (χ2v) is 9.81. The van der Waals surface area contributed by atoms with Crippen molar-refractivity contribution in [2.24, 2.45) is 5.41 Å². The lowest BCUT2D eigenvalue weighted by Gasteiger charge is -2.49. The van der Waals surface area contributed by atoms with Crippen molar-refractivity contribution in [3.8, 4) is 0 Å². The van der Waals surface area contributed by atoms with Crippen molar-refractivity contribution in [3.05, 3.63) is 29.8 Å². The molecule has 1 aromatic rings. The second-order valence-electron chi connectivity index (χ2n) is 7.83. The van der Waals surface area contributed by atoms with Crippen LogP contribution in [0.15, 0.2) is 29.2 Å². The van der Waals surface area contributed by atoms with Gasteiger partial charge in [0, 0.05) is 38.9 Å². The SMILES string of the molecule is CCN1CCC[C@@]2(CN(Cc3ccccc3S(C)(=O)=O)CC(F)(F)C2)C1=O. The first-order valence-corrected chi connectivity index (χ1v) is 11.1. The van der Waals surface area contributed by atoms with Crippen LogP contribution < -0.4 is 0 Å². The lowest BCUT2D eigenvalue weighted by atomic mass is 9.71. The molecule has 0 unspecified atom stereocenters. The fraction of sp³-hybridized carbons (Fsp3) is 0.632. The van der Waals surface area contributed by atoms with Gasteiger partial charge in [-0.2, -0.15) is 0 Å². The van der Waals surface area contributed by atoms with Crippen LogP contribution in [0, 0.1) is 5.41 Å². The minimum atomic E-state index is -3.46. The number of carbonyl (C=O) groups is 1. The van der Waals surface area contributed by atoms with Crippen LogP contribution in [0.4, 0.5) is 8.78 Å². The minimum absolute atomic E-state index is 0.0833. The summed E-state index contributed by atoms with van der Waals surface area (Å²) in [7, 11) is -3.46. The molecule has 0 aliphatic carbocycles. The van der Waals surface area contributed by atoms with Crippen LogP contribution in [0.3, 0.4) is 0 Å². The number of nitrogens with zero attached hydrogens (tertiary/aromatic N) is 2. The molecule has 2 fully saturated rings. The largest absolute Gasteiger partial charge is 0.342 e. The molecule has 1 aromatic carbocycles. The first-order chi connectivity index (χ1) is 12.6. The van der Waals surface area contributed by atoms with Crippen molar-refractivity contribution in [3.63, 3.8) is 0 Å². The molecule has 1 atom stereocenters. The summed E-state index contributed by atoms with van der Waals surface area (Å²) in [6, 6.07) is 6.46. The Morgan fingerprint density at radius 1 is 1.19 bits per heavy atom. The van der Waals surface area contributed by atoms with Gasteiger partial charge in [0.2, 0.25) is 5.91 Å². The highest BCUT2D eigenvalue weighted by molar-refractivity contribution is 7.90. The maximum atomic E-state index is 14.6. The van der Waals surface area contributed by atoms with Gasteiger partial charge in [0.1, 0.15) is 0 Å². The molecule has 0 bridgehead atoms. The molecule has 5 nitrogen and oxygen atoms in total. The van der Waals surface area contributed by atoms with Crippen LogP contribution in [0.25, 0.3) is 0 Å². The molecule has 8 heteroatoms. The molecule has 2 aliphatic rings. The quantitative estimate of drug-likeness (QED) is 0.780. The maximum absolute atomic E-state index is 14.6. The van der Waals surface area contributed by atoms with Gasteiger partial charge in [-0.15, -0.1) is 0 Å². The fourth-order valence-electron chi connectivity index (χ4n) is 4.53. The predicted octanol–water partition coefficient (Wildman–Crippen LogP) is 2.56. The average Bonchev–Trinajstić information content (AvgIpc) is 2.55. The van der Waals surface area contributed by atoms with Crippen LogP contribution in [0.5, 0.6) is 0 Å². The van der Waals surface area contributed by atoms with Gasteiger partial charge in [-0.1, -0.05) is 18.2 Å². The standard InChI is InChI=1S/C19H26F2N2O3S/c1-3-23-10-6-9-18(17(23)24)12-19(20,21)14-22(13-18)11-15-7-4-5-8-16(15)27(2,25)26/h4-5,7-8H,3,6,9-14H2,1-2H3/t18-/m1/s1. The van der Waals surface area contributed by atoms with Crippen molar-refractivity contribution in [1.29, 1.82) is 0 Å². The van der Waals surface area contributed by atoms with E-state index in [2.05, 4.69) is 0 Å². The summed E-state index contributed by atoms with van der Waals surface area (Å²) in [4.78, 5) is 16.3. The van der Waals surface area contributed by atoms with Crippen LogP contribution in [-0.2, 0) is 21.2 Å². The van der Waals surface area contributed by atoms with E-state index in [-0.39, 0.29) is 23.9 Å². The van der Waals surface area contributed by atoms with Gasteiger partial charge < -0.3 is 4.90 Å². The molecule has 0 saturated carbocycles. The Kier molecular flexibility index (Phi) is 5.33. The first-order valence-electron chi connectivity index (χ1n) is 9.24. The van der Waals surface area contributed by atoms with Gasteiger partial charge in [-0.3, -0.25) is 9.69 Å². The summed E-state index contributed by atoms with van der Waals surface area (Å²) in [6.07, 6.45) is 1.84. The van der Waals surface area contributed by atoms with E-state index in [1.54, 1.807) is 28.0 Å². The second kappa shape index (κ2) is 7.13. The topological polar surface area (TPSA) is 57.7 Å². The van der Waals surface area contributed by atoms with Crippen LogP contribution in [0.1, 0.15) is 31.7 Å². The highest BCUT2D eigenvalue weighted by Gasteiger charge is 2.54. The molecule has 1 amide bonds. The number of halogens is 2. The van der Waals surface area contributed by atoms with Gasteiger partial charge in [-0.05, 0) is 31.4 Å². The minimum Gasteiger partial charge on any atom is -0.342 e. The zero-order valence-corrected chi connectivity index (χ0v) is 16.6. The lowest BCUT2D eigenvalue weighted by molar-refractivity contribution is -0.170. The van der Waals surface area contributed by atoms with E-state index >= 15 is 0 Å². The number of piperidine rings is 2. The average molecular weight is 400 g/mol. The Labute approximate surface area is 159 Å². The predicted molar refractivity (Wildman–Crippen MR) is 98.3 cm³/mol. The molecule has 0 aromatic heterocycles. The molecule has 2 aliphatic heterocycles. The number of alkyl halides is 2. The van der Waals surface area contributed by atoms with Crippen molar-refractivity contribution < 1.29 is 22.0 Å². The van der Waals surface area contributed by atoms with Gasteiger partial charge in [0.15, 0.2) is 9.84 Å². The molecular formula is C19H26F2N2O3S. The number of benzene rings is 1. The number of rotatable bonds is 4. The van der Waals surface area contributed by atoms with Gasteiger partial charge >= 0.3 is 0 Å². The molecule has 2 heterocycles. The van der Waals surface area contributed by atoms with Gasteiger partial charge in [0.05, 0.1) is 16.9 Å². The van der Waals surface area contributed by atoms with Crippen molar-refractivity contribution >= 4 is 15.7 Å². The molecular weight excluding hydrogens is 374 g/mol. The zero-order chi connectivity index (χ0) is 19.9. The highest BCUT2D eigenvalue weighted by Crippen LogP contribution is 2.45. The van der Waals surface area contributed by atoms with Gasteiger partial charge in [0.25, 0.3) is 5.92 Å². The monoisotopic (exact) mass is 400 g/mol. The van der Waals surface area contributed by atoms with E-state index in [1.165, 1.54) is 6.07 Å². The fourth-order valence-corrected chi connectivity index (χ4v) is 5.47. The van der Waals surface area contributed by atoms with Gasteiger partial charge in [-0.25, -0.2) is 17.2 Å². The molecule has 150 valence electrons. The Morgan fingerprint density at radius 2 is 1.89 bits per heavy atom. The van der Waals surface area contributed by atoms with E-state index < -0.39 is 34.1 Å². The van der Waals surface area contributed by atoms with Crippen LogP contribution >= 0.6 is 0 Å². The van der Waals surface area contributed by atoms with E-state index in [9.17, 15) is 22.0 Å². The van der Waals surface area contributed by atoms with Crippen LogP contribution in [0.2, 0.25) is 0 Å². The summed E-state index contributed by atoms with van der Waals surface area (Å²) >= 11 is 0. The molecule has 3 rings (SSSR count). The maximum Gasteiger partial charge on any atom is 0.261 e. The zero-order valence-electron chi connectivity index (χ0n) is 15.7. The van der Waals surface area contributed by atoms with Crippen molar-refractivity contribution in [1.82, 2.24) is 9.80 Å². The summed E-state index contributed by atoms with van der Waals surface area (Å²) in [5.74, 6) is -3.18. The number of carbonyl (C=O) groups excluding carboxylic acids is 1. The Hall–Kier alpha value is -1.54. The van der Waals surface area contributed by atoms with E-state index in [0.29, 0.717) is 31.5 Å². The van der Waals surface area contributed by atoms with E-state index in [1.807, 2.05) is 6.92 Å². The van der Waals surface area contributed by atoms with E-state index in [0.717, 1.165) is 6.26 Å². The summed E-state index contributed by atoms with van der Waals surface area (Å²) in [6.45, 7) is 2.84. The number of sulfone groups is 1. The lowest BCUT2D eigenvalue weighted by Crippen LogP contribution is -2.60. The Bertz CT molecular complexity index is 828. The molecule has 0 N–H and O–H groups in total. The summed E-state index contributed by atoms with van der Waals surface area (Å²) in [5.41, 5.74) is -0.598. The Balaban J connectivity index is 1.90. The number of hydrogen-bond donors (Lipinski definition) is 0. The molecule has 27 heavy (non-hydrogen) atoms. The van der Waals surface area contributed by atoms with Crippen molar-refractivity contribution in [2.45, 2.75) is 43.5 Å². The number of hydrogen-bond acceptors (Lipinski definition) is 4. The summed E-state index contributed by atoms with van der Waals surface area (Å²) in [5, 5.41) is 0. The molecule has 0 radical (unpaired) electrons. The van der Waals surface area contributed by atoms with Crippen LogP contribution in [-0.4, -0.2) is 62.5 Å².